The number of ether oxygens (including phenoxy) is 1. The molecule has 4 nitrogen and oxygen atoms in total. The first-order valence-corrected chi connectivity index (χ1v) is 10.3. The molecule has 4 rings (SSSR count). The normalized spacial score (nSPS) is 14.4. The lowest BCUT2D eigenvalue weighted by atomic mass is 9.88. The summed E-state index contributed by atoms with van der Waals surface area (Å²) in [5.74, 6) is 1.12. The second-order valence-electron chi connectivity index (χ2n) is 7.54. The maximum absolute atomic E-state index is 12.4. The number of nitrogens with zero attached hydrogens (tertiary/aromatic N) is 1. The summed E-state index contributed by atoms with van der Waals surface area (Å²) in [6, 6.07) is 21.8. The van der Waals surface area contributed by atoms with Crippen LogP contribution in [0.3, 0.4) is 0 Å². The number of carbonyl (C=O) groups is 1. The van der Waals surface area contributed by atoms with Crippen LogP contribution in [0.15, 0.2) is 66.7 Å². The maximum Gasteiger partial charge on any atom is 0.227 e. The number of methoxy groups -OCH3 is 1. The Morgan fingerprint density at radius 1 is 0.897 bits per heavy atom. The molecule has 1 aliphatic carbocycles. The highest BCUT2D eigenvalue weighted by atomic mass is 16.5. The van der Waals surface area contributed by atoms with Gasteiger partial charge in [-0.15, -0.1) is 0 Å². The first-order chi connectivity index (χ1) is 14.2. The number of hydrogen-bond acceptors (Lipinski definition) is 3. The van der Waals surface area contributed by atoms with Crippen LogP contribution < -0.4 is 10.1 Å². The van der Waals surface area contributed by atoms with Crippen LogP contribution in [0, 0.1) is 5.92 Å². The highest BCUT2D eigenvalue weighted by Gasteiger charge is 2.20. The fraction of sp³-hybridized carbons (Fsp3) is 0.280. The van der Waals surface area contributed by atoms with Gasteiger partial charge in [0, 0.05) is 22.7 Å². The van der Waals surface area contributed by atoms with Gasteiger partial charge in [-0.05, 0) is 49.2 Å². The molecule has 0 saturated heterocycles. The van der Waals surface area contributed by atoms with Crippen molar-refractivity contribution >= 4 is 11.6 Å². The van der Waals surface area contributed by atoms with Gasteiger partial charge in [0.1, 0.15) is 5.75 Å². The number of anilines is 1. The second kappa shape index (κ2) is 8.91. The SMILES string of the molecule is COc1cccc(-c2cccc(-c3ccc(NC(=O)C4CCCCC4)cc3)n2)c1. The number of benzene rings is 2. The van der Waals surface area contributed by atoms with Crippen LogP contribution in [0.4, 0.5) is 5.69 Å². The van der Waals surface area contributed by atoms with Gasteiger partial charge in [0.2, 0.25) is 5.91 Å². The van der Waals surface area contributed by atoms with Gasteiger partial charge in [-0.2, -0.15) is 0 Å². The molecule has 3 aromatic rings. The zero-order valence-electron chi connectivity index (χ0n) is 16.7. The molecule has 1 aromatic heterocycles. The van der Waals surface area contributed by atoms with Gasteiger partial charge in [0.05, 0.1) is 18.5 Å². The fourth-order valence-electron chi connectivity index (χ4n) is 3.87. The van der Waals surface area contributed by atoms with E-state index in [4.69, 9.17) is 9.72 Å². The van der Waals surface area contributed by atoms with E-state index in [0.717, 1.165) is 59.6 Å². The number of rotatable bonds is 5. The molecule has 0 atom stereocenters. The minimum atomic E-state index is 0.149. The summed E-state index contributed by atoms with van der Waals surface area (Å²) in [5.41, 5.74) is 4.67. The van der Waals surface area contributed by atoms with Gasteiger partial charge in [-0.1, -0.05) is 49.6 Å². The van der Waals surface area contributed by atoms with Gasteiger partial charge in [0.15, 0.2) is 0 Å². The van der Waals surface area contributed by atoms with E-state index >= 15 is 0 Å². The summed E-state index contributed by atoms with van der Waals surface area (Å²) in [5, 5.41) is 3.07. The summed E-state index contributed by atoms with van der Waals surface area (Å²) in [4.78, 5) is 17.3. The fourth-order valence-corrected chi connectivity index (χ4v) is 3.87. The molecule has 1 fully saturated rings. The molecule has 1 aliphatic rings. The lowest BCUT2D eigenvalue weighted by molar-refractivity contribution is -0.120. The Bertz CT molecular complexity index is 976. The molecule has 0 aliphatic heterocycles. The van der Waals surface area contributed by atoms with Crippen molar-refractivity contribution in [1.29, 1.82) is 0 Å². The van der Waals surface area contributed by atoms with E-state index < -0.39 is 0 Å². The minimum Gasteiger partial charge on any atom is -0.497 e. The van der Waals surface area contributed by atoms with Crippen molar-refractivity contribution in [3.05, 3.63) is 66.7 Å². The predicted octanol–water partition coefficient (Wildman–Crippen LogP) is 5.94. The number of aromatic nitrogens is 1. The molecule has 1 saturated carbocycles. The van der Waals surface area contributed by atoms with E-state index in [9.17, 15) is 4.79 Å². The number of hydrogen-bond donors (Lipinski definition) is 1. The van der Waals surface area contributed by atoms with Crippen LogP contribution in [-0.2, 0) is 4.79 Å². The van der Waals surface area contributed by atoms with E-state index in [1.165, 1.54) is 6.42 Å². The van der Waals surface area contributed by atoms with E-state index in [1.807, 2.05) is 66.7 Å². The third-order valence-electron chi connectivity index (χ3n) is 5.54. The van der Waals surface area contributed by atoms with E-state index in [0.29, 0.717) is 0 Å². The van der Waals surface area contributed by atoms with Crippen molar-refractivity contribution in [2.45, 2.75) is 32.1 Å². The third-order valence-corrected chi connectivity index (χ3v) is 5.54. The van der Waals surface area contributed by atoms with Crippen molar-refractivity contribution < 1.29 is 9.53 Å². The van der Waals surface area contributed by atoms with Gasteiger partial charge >= 0.3 is 0 Å². The summed E-state index contributed by atoms with van der Waals surface area (Å²) in [7, 11) is 1.66. The Morgan fingerprint density at radius 3 is 2.31 bits per heavy atom. The van der Waals surface area contributed by atoms with Crippen molar-refractivity contribution in [1.82, 2.24) is 4.98 Å². The summed E-state index contributed by atoms with van der Waals surface area (Å²) in [6.45, 7) is 0. The van der Waals surface area contributed by atoms with Gasteiger partial charge in [-0.25, -0.2) is 4.98 Å². The van der Waals surface area contributed by atoms with E-state index in [-0.39, 0.29) is 11.8 Å². The molecule has 0 unspecified atom stereocenters. The molecule has 1 N–H and O–H groups in total. The highest BCUT2D eigenvalue weighted by molar-refractivity contribution is 5.92. The average molecular weight is 386 g/mol. The number of carbonyl (C=O) groups excluding carboxylic acids is 1. The van der Waals surface area contributed by atoms with E-state index in [1.54, 1.807) is 7.11 Å². The number of nitrogens with one attached hydrogen (secondary N) is 1. The zero-order chi connectivity index (χ0) is 20.1. The summed E-state index contributed by atoms with van der Waals surface area (Å²) < 4.78 is 5.32. The molecule has 1 heterocycles. The minimum absolute atomic E-state index is 0.149. The first-order valence-electron chi connectivity index (χ1n) is 10.3. The van der Waals surface area contributed by atoms with Crippen molar-refractivity contribution in [3.63, 3.8) is 0 Å². The summed E-state index contributed by atoms with van der Waals surface area (Å²) in [6.07, 6.45) is 5.58. The monoisotopic (exact) mass is 386 g/mol. The molecular weight excluding hydrogens is 360 g/mol. The standard InChI is InChI=1S/C25H26N2O2/c1-29-22-10-5-9-20(17-22)24-12-6-11-23(27-24)18-13-15-21(16-14-18)26-25(28)19-7-3-2-4-8-19/h5-6,9-17,19H,2-4,7-8H2,1H3,(H,26,28). The Labute approximate surface area is 172 Å². The third kappa shape index (κ3) is 4.65. The lowest BCUT2D eigenvalue weighted by Gasteiger charge is -2.20. The highest BCUT2D eigenvalue weighted by Crippen LogP contribution is 2.27. The zero-order valence-corrected chi connectivity index (χ0v) is 16.7. The lowest BCUT2D eigenvalue weighted by Crippen LogP contribution is -2.24. The number of amides is 1. The van der Waals surface area contributed by atoms with Gasteiger partial charge in [0.25, 0.3) is 0 Å². The Hall–Kier alpha value is -3.14. The molecule has 148 valence electrons. The second-order valence-corrected chi connectivity index (χ2v) is 7.54. The van der Waals surface area contributed by atoms with Crippen molar-refractivity contribution in [2.24, 2.45) is 5.92 Å². The smallest absolute Gasteiger partial charge is 0.227 e. The Balaban J connectivity index is 1.49. The Morgan fingerprint density at radius 2 is 1.59 bits per heavy atom. The topological polar surface area (TPSA) is 51.2 Å². The predicted molar refractivity (Wildman–Crippen MR) is 117 cm³/mol. The molecule has 0 radical (unpaired) electrons. The van der Waals surface area contributed by atoms with E-state index in [2.05, 4.69) is 5.32 Å². The largest absolute Gasteiger partial charge is 0.497 e. The van der Waals surface area contributed by atoms with Gasteiger partial charge in [-0.3, -0.25) is 4.79 Å². The molecule has 0 bridgehead atoms. The first kappa shape index (κ1) is 19.2. The van der Waals surface area contributed by atoms with Gasteiger partial charge < -0.3 is 10.1 Å². The average Bonchev–Trinajstić information content (AvgIpc) is 2.80. The Kier molecular flexibility index (Phi) is 5.89. The van der Waals surface area contributed by atoms with Crippen molar-refractivity contribution in [3.8, 4) is 28.3 Å². The molecule has 2 aromatic carbocycles. The maximum atomic E-state index is 12.4. The molecule has 1 amide bonds. The van der Waals surface area contributed by atoms with Crippen LogP contribution >= 0.6 is 0 Å². The number of pyridine rings is 1. The van der Waals surface area contributed by atoms with Crippen LogP contribution in [0.5, 0.6) is 5.75 Å². The van der Waals surface area contributed by atoms with Crippen LogP contribution in [-0.4, -0.2) is 18.0 Å². The van der Waals surface area contributed by atoms with Crippen LogP contribution in [0.25, 0.3) is 22.5 Å². The molecule has 29 heavy (non-hydrogen) atoms. The summed E-state index contributed by atoms with van der Waals surface area (Å²) >= 11 is 0. The van der Waals surface area contributed by atoms with Crippen LogP contribution in [0.1, 0.15) is 32.1 Å². The quantitative estimate of drug-likeness (QED) is 0.590. The molecule has 0 spiro atoms. The van der Waals surface area contributed by atoms with Crippen molar-refractivity contribution in [2.75, 3.05) is 12.4 Å². The molecular formula is C25H26N2O2. The molecule has 4 heteroatoms. The van der Waals surface area contributed by atoms with Crippen LogP contribution in [0.2, 0.25) is 0 Å².